The van der Waals surface area contributed by atoms with Crippen LogP contribution in [0, 0.1) is 0 Å². The van der Waals surface area contributed by atoms with Crippen LogP contribution >= 0.6 is 0 Å². The predicted molar refractivity (Wildman–Crippen MR) is 69.2 cm³/mol. The standard InChI is InChI=1S/C13H23N3O2/c1-10(2)14-7-12-6-13(18-15-12)9-16-4-5-17-11(3)8-16/h6,10-11,14H,4-5,7-9H2,1-3H3. The molecular formula is C13H23N3O2. The van der Waals surface area contributed by atoms with Crippen molar-refractivity contribution in [3.05, 3.63) is 17.5 Å². The predicted octanol–water partition coefficient (Wildman–Crippen LogP) is 1.39. The topological polar surface area (TPSA) is 50.5 Å². The maximum Gasteiger partial charge on any atom is 0.151 e. The van der Waals surface area contributed by atoms with Gasteiger partial charge in [-0.05, 0) is 6.92 Å². The van der Waals surface area contributed by atoms with E-state index in [0.717, 1.165) is 44.2 Å². The minimum atomic E-state index is 0.309. The van der Waals surface area contributed by atoms with Crippen LogP contribution in [0.4, 0.5) is 0 Å². The molecule has 1 aliphatic rings. The highest BCUT2D eigenvalue weighted by atomic mass is 16.5. The molecule has 1 atom stereocenters. The maximum absolute atomic E-state index is 5.52. The molecule has 1 aliphatic heterocycles. The van der Waals surface area contributed by atoms with E-state index in [4.69, 9.17) is 9.26 Å². The summed E-state index contributed by atoms with van der Waals surface area (Å²) in [5.41, 5.74) is 0.972. The second kappa shape index (κ2) is 6.31. The molecule has 0 aromatic carbocycles. The molecule has 0 amide bonds. The molecule has 1 aromatic heterocycles. The molecule has 5 heteroatoms. The fourth-order valence-corrected chi connectivity index (χ4v) is 2.08. The van der Waals surface area contributed by atoms with Gasteiger partial charge in [-0.25, -0.2) is 0 Å². The third-order valence-electron chi connectivity index (χ3n) is 3.00. The maximum atomic E-state index is 5.52. The van der Waals surface area contributed by atoms with E-state index in [9.17, 15) is 0 Å². The summed E-state index contributed by atoms with van der Waals surface area (Å²) in [5.74, 6) is 0.935. The summed E-state index contributed by atoms with van der Waals surface area (Å²) in [7, 11) is 0. The van der Waals surface area contributed by atoms with Gasteiger partial charge in [0.25, 0.3) is 0 Å². The quantitative estimate of drug-likeness (QED) is 0.859. The normalized spacial score (nSPS) is 21.7. The molecule has 2 rings (SSSR count). The van der Waals surface area contributed by atoms with E-state index in [-0.39, 0.29) is 0 Å². The molecule has 1 unspecified atom stereocenters. The van der Waals surface area contributed by atoms with Gasteiger partial charge in [-0.2, -0.15) is 0 Å². The fourth-order valence-electron chi connectivity index (χ4n) is 2.08. The van der Waals surface area contributed by atoms with Crippen LogP contribution in [0.1, 0.15) is 32.2 Å². The highest BCUT2D eigenvalue weighted by Crippen LogP contribution is 2.11. The monoisotopic (exact) mass is 253 g/mol. The van der Waals surface area contributed by atoms with Gasteiger partial charge in [0, 0.05) is 31.7 Å². The van der Waals surface area contributed by atoms with Gasteiger partial charge in [-0.1, -0.05) is 19.0 Å². The van der Waals surface area contributed by atoms with E-state index < -0.39 is 0 Å². The first-order chi connectivity index (χ1) is 8.63. The zero-order valence-corrected chi connectivity index (χ0v) is 11.5. The average molecular weight is 253 g/mol. The summed E-state index contributed by atoms with van der Waals surface area (Å²) in [4.78, 5) is 2.34. The highest BCUT2D eigenvalue weighted by Gasteiger charge is 2.18. The van der Waals surface area contributed by atoms with Crippen LogP contribution in [0.2, 0.25) is 0 Å². The van der Waals surface area contributed by atoms with Gasteiger partial charge in [0.2, 0.25) is 0 Å². The number of morpholine rings is 1. The molecule has 0 spiro atoms. The van der Waals surface area contributed by atoms with Crippen molar-refractivity contribution in [2.75, 3.05) is 19.7 Å². The Morgan fingerprint density at radius 1 is 1.56 bits per heavy atom. The average Bonchev–Trinajstić information content (AvgIpc) is 2.74. The van der Waals surface area contributed by atoms with Crippen molar-refractivity contribution in [3.63, 3.8) is 0 Å². The third-order valence-corrected chi connectivity index (χ3v) is 3.00. The van der Waals surface area contributed by atoms with Crippen LogP contribution in [0.25, 0.3) is 0 Å². The van der Waals surface area contributed by atoms with Crippen molar-refractivity contribution >= 4 is 0 Å². The van der Waals surface area contributed by atoms with Crippen molar-refractivity contribution in [2.45, 2.75) is 46.0 Å². The molecule has 5 nitrogen and oxygen atoms in total. The zero-order valence-electron chi connectivity index (χ0n) is 11.5. The number of nitrogens with one attached hydrogen (secondary N) is 1. The van der Waals surface area contributed by atoms with Crippen LogP contribution < -0.4 is 5.32 Å². The van der Waals surface area contributed by atoms with Gasteiger partial charge in [-0.3, -0.25) is 4.90 Å². The molecule has 1 aromatic rings. The Labute approximate surface area is 108 Å². The Balaban J connectivity index is 1.82. The SMILES string of the molecule is CC(C)NCc1cc(CN2CCOC(C)C2)on1. The number of hydrogen-bond donors (Lipinski definition) is 1. The van der Waals surface area contributed by atoms with Crippen LogP contribution in [-0.4, -0.2) is 41.9 Å². The molecule has 102 valence electrons. The van der Waals surface area contributed by atoms with Crippen LogP contribution in [-0.2, 0) is 17.8 Å². The van der Waals surface area contributed by atoms with Crippen molar-refractivity contribution in [2.24, 2.45) is 0 Å². The third kappa shape index (κ3) is 4.08. The first-order valence-electron chi connectivity index (χ1n) is 6.65. The second-order valence-corrected chi connectivity index (χ2v) is 5.24. The molecule has 0 radical (unpaired) electrons. The number of ether oxygens (including phenoxy) is 1. The number of hydrogen-bond acceptors (Lipinski definition) is 5. The molecule has 18 heavy (non-hydrogen) atoms. The van der Waals surface area contributed by atoms with Gasteiger partial charge in [0.05, 0.1) is 24.9 Å². The van der Waals surface area contributed by atoms with Crippen LogP contribution in [0.3, 0.4) is 0 Å². The number of aromatic nitrogens is 1. The van der Waals surface area contributed by atoms with Gasteiger partial charge in [0.1, 0.15) is 0 Å². The summed E-state index contributed by atoms with van der Waals surface area (Å²) in [5, 5.41) is 7.41. The lowest BCUT2D eigenvalue weighted by Gasteiger charge is -2.30. The Morgan fingerprint density at radius 3 is 3.11 bits per heavy atom. The number of nitrogens with zero attached hydrogens (tertiary/aromatic N) is 2. The van der Waals surface area contributed by atoms with E-state index in [2.05, 4.69) is 36.1 Å². The number of rotatable bonds is 5. The van der Waals surface area contributed by atoms with Crippen molar-refractivity contribution in [1.29, 1.82) is 0 Å². The molecule has 0 bridgehead atoms. The van der Waals surface area contributed by atoms with E-state index in [1.165, 1.54) is 0 Å². The summed E-state index contributed by atoms with van der Waals surface area (Å²) < 4.78 is 10.9. The molecule has 0 saturated carbocycles. The van der Waals surface area contributed by atoms with E-state index >= 15 is 0 Å². The summed E-state index contributed by atoms with van der Waals surface area (Å²) in [6.45, 7) is 10.7. The molecule has 1 saturated heterocycles. The first kappa shape index (κ1) is 13.5. The summed E-state index contributed by atoms with van der Waals surface area (Å²) in [6, 6.07) is 2.50. The van der Waals surface area contributed by atoms with Crippen molar-refractivity contribution in [3.8, 4) is 0 Å². The van der Waals surface area contributed by atoms with Crippen LogP contribution in [0.15, 0.2) is 10.6 Å². The lowest BCUT2D eigenvalue weighted by molar-refractivity contribution is -0.0235. The highest BCUT2D eigenvalue weighted by molar-refractivity contribution is 5.05. The molecule has 0 aliphatic carbocycles. The molecule has 1 fully saturated rings. The van der Waals surface area contributed by atoms with E-state index in [1.807, 2.05) is 6.07 Å². The Bertz CT molecular complexity index is 365. The minimum Gasteiger partial charge on any atom is -0.376 e. The van der Waals surface area contributed by atoms with E-state index in [1.54, 1.807) is 0 Å². The van der Waals surface area contributed by atoms with Crippen LogP contribution in [0.5, 0.6) is 0 Å². The van der Waals surface area contributed by atoms with Crippen molar-refractivity contribution in [1.82, 2.24) is 15.4 Å². The van der Waals surface area contributed by atoms with Gasteiger partial charge in [0.15, 0.2) is 5.76 Å². The molecule has 1 N–H and O–H groups in total. The Hall–Kier alpha value is -0.910. The smallest absolute Gasteiger partial charge is 0.151 e. The minimum absolute atomic E-state index is 0.309. The molecule has 2 heterocycles. The lowest BCUT2D eigenvalue weighted by Crippen LogP contribution is -2.40. The van der Waals surface area contributed by atoms with Gasteiger partial charge >= 0.3 is 0 Å². The Morgan fingerprint density at radius 2 is 2.39 bits per heavy atom. The summed E-state index contributed by atoms with van der Waals surface area (Å²) >= 11 is 0. The Kier molecular flexibility index (Phi) is 4.74. The summed E-state index contributed by atoms with van der Waals surface area (Å²) in [6.07, 6.45) is 0.309. The van der Waals surface area contributed by atoms with Gasteiger partial charge < -0.3 is 14.6 Å². The lowest BCUT2D eigenvalue weighted by atomic mass is 10.2. The zero-order chi connectivity index (χ0) is 13.0. The fraction of sp³-hybridized carbons (Fsp3) is 0.769. The second-order valence-electron chi connectivity index (χ2n) is 5.24. The van der Waals surface area contributed by atoms with E-state index in [0.29, 0.717) is 12.1 Å². The first-order valence-corrected chi connectivity index (χ1v) is 6.65. The van der Waals surface area contributed by atoms with Gasteiger partial charge in [-0.15, -0.1) is 0 Å². The van der Waals surface area contributed by atoms with Crippen molar-refractivity contribution < 1.29 is 9.26 Å². The molecular weight excluding hydrogens is 230 g/mol. The largest absolute Gasteiger partial charge is 0.376 e.